The third-order valence-corrected chi connectivity index (χ3v) is 1.01. The van der Waals surface area contributed by atoms with Crippen molar-refractivity contribution in [1.29, 1.82) is 0 Å². The number of halogens is 2. The minimum atomic E-state index is -1.29. The Morgan fingerprint density at radius 1 is 1.13 bits per heavy atom. The van der Waals surface area contributed by atoms with Crippen LogP contribution in [0.3, 0.4) is 0 Å². The minimum Gasteiger partial charge on any atom is -0.481 e. The monoisotopic (exact) mass is 227 g/mol. The predicted molar refractivity (Wildman–Crippen MR) is 44.8 cm³/mol. The van der Waals surface area contributed by atoms with Crippen molar-refractivity contribution in [2.75, 3.05) is 13.3 Å². The van der Waals surface area contributed by atoms with Crippen LogP contribution in [0.1, 0.15) is 6.42 Å². The number of carbonyl (C=O) groups is 3. The lowest BCUT2D eigenvalue weighted by Crippen LogP contribution is -2.32. The van der Waals surface area contributed by atoms with Crippen LogP contribution in [0.5, 0.6) is 0 Å². The quantitative estimate of drug-likeness (QED) is 0.575. The molecule has 0 saturated carbocycles. The van der Waals surface area contributed by atoms with Gasteiger partial charge in [-0.3, -0.25) is 14.4 Å². The number of carboxylic acid groups (broad SMARTS) is 2. The van der Waals surface area contributed by atoms with Crippen molar-refractivity contribution in [3.05, 3.63) is 0 Å². The van der Waals surface area contributed by atoms with Gasteiger partial charge in [0.15, 0.2) is 19.1 Å². The number of carboxylic acids is 2. The van der Waals surface area contributed by atoms with Crippen molar-refractivity contribution in [1.82, 2.24) is 0 Å². The molecule has 0 aromatic rings. The van der Waals surface area contributed by atoms with E-state index in [0.717, 1.165) is 0 Å². The van der Waals surface area contributed by atoms with Crippen LogP contribution < -0.4 is 5.73 Å². The van der Waals surface area contributed by atoms with Gasteiger partial charge in [-0.05, 0) is 0 Å². The van der Waals surface area contributed by atoms with E-state index in [4.69, 9.17) is 15.9 Å². The maximum atomic E-state index is 10.8. The summed E-state index contributed by atoms with van der Waals surface area (Å²) in [6, 6.07) is -1.29. The third kappa shape index (κ3) is 12.4. The largest absolute Gasteiger partial charge is 0.481 e. The van der Waals surface area contributed by atoms with Crippen molar-refractivity contribution >= 4 is 17.7 Å². The number of hydrogen-bond acceptors (Lipinski definition) is 4. The minimum absolute atomic E-state index is 0.532. The summed E-state index contributed by atoms with van der Waals surface area (Å²) in [5, 5.41) is 16.0. The highest BCUT2D eigenvalue weighted by atomic mass is 19.1. The fraction of sp³-hybridized carbons (Fsp3) is 0.571. The number of ketones is 1. The molecular formula is C7H11F2NO5. The summed E-state index contributed by atoms with van der Waals surface area (Å²) in [6.07, 6.45) is -0.532. The summed E-state index contributed by atoms with van der Waals surface area (Å²) in [5.74, 6) is -3.49. The Morgan fingerprint density at radius 3 is 1.60 bits per heavy atom. The Balaban J connectivity index is 0. The van der Waals surface area contributed by atoms with Crippen LogP contribution in [0.2, 0.25) is 0 Å². The normalized spacial score (nSPS) is 10.9. The molecule has 15 heavy (non-hydrogen) atoms. The highest BCUT2D eigenvalue weighted by Gasteiger charge is 2.14. The van der Waals surface area contributed by atoms with Gasteiger partial charge in [0.1, 0.15) is 6.04 Å². The summed E-state index contributed by atoms with van der Waals surface area (Å²) in [7, 11) is 0. The summed E-state index contributed by atoms with van der Waals surface area (Å²) in [6.45, 7) is -2.37. The van der Waals surface area contributed by atoms with Crippen LogP contribution in [0, 0.1) is 0 Å². The number of carbonyl (C=O) groups excluding carboxylic acids is 1. The molecule has 0 fully saturated rings. The molecular weight excluding hydrogens is 216 g/mol. The van der Waals surface area contributed by atoms with E-state index in [2.05, 4.69) is 0 Å². The second-order valence-corrected chi connectivity index (χ2v) is 2.35. The Morgan fingerprint density at radius 2 is 1.53 bits per heavy atom. The molecule has 0 aliphatic carbocycles. The highest BCUT2D eigenvalue weighted by molar-refractivity contribution is 5.80. The zero-order chi connectivity index (χ0) is 12.4. The number of aliphatic carboxylic acids is 2. The first-order valence-electron chi connectivity index (χ1n) is 3.69. The lowest BCUT2D eigenvalue weighted by atomic mass is 10.2. The van der Waals surface area contributed by atoms with Crippen LogP contribution in [0.15, 0.2) is 0 Å². The van der Waals surface area contributed by atoms with Crippen LogP contribution in [0.4, 0.5) is 8.78 Å². The molecule has 0 saturated heterocycles. The van der Waals surface area contributed by atoms with E-state index in [-0.39, 0.29) is 0 Å². The van der Waals surface area contributed by atoms with Crippen LogP contribution in [0.25, 0.3) is 0 Å². The molecule has 0 aromatic carbocycles. The van der Waals surface area contributed by atoms with E-state index in [1.54, 1.807) is 0 Å². The lowest BCUT2D eigenvalue weighted by Gasteiger charge is -1.99. The topological polar surface area (TPSA) is 118 Å². The average molecular weight is 227 g/mol. The molecule has 0 aliphatic heterocycles. The number of rotatable bonds is 5. The molecule has 0 amide bonds. The maximum absolute atomic E-state index is 10.8. The van der Waals surface area contributed by atoms with Gasteiger partial charge in [0.2, 0.25) is 0 Å². The van der Waals surface area contributed by atoms with Crippen molar-refractivity contribution in [3.8, 4) is 0 Å². The van der Waals surface area contributed by atoms with Gasteiger partial charge in [-0.1, -0.05) is 0 Å². The van der Waals surface area contributed by atoms with Gasteiger partial charge >= 0.3 is 11.9 Å². The van der Waals surface area contributed by atoms with E-state index in [1.807, 2.05) is 0 Å². The third-order valence-electron chi connectivity index (χ3n) is 1.01. The van der Waals surface area contributed by atoms with Gasteiger partial charge in [-0.15, -0.1) is 0 Å². The molecule has 0 aromatic heterocycles. The van der Waals surface area contributed by atoms with Crippen LogP contribution in [-0.2, 0) is 14.4 Å². The zero-order valence-corrected chi connectivity index (χ0v) is 7.65. The molecule has 1 atom stereocenters. The fourth-order valence-corrected chi connectivity index (χ4v) is 0.311. The van der Waals surface area contributed by atoms with Crippen molar-refractivity contribution in [2.24, 2.45) is 5.73 Å². The van der Waals surface area contributed by atoms with Crippen molar-refractivity contribution in [3.63, 3.8) is 0 Å². The van der Waals surface area contributed by atoms with Crippen molar-refractivity contribution < 1.29 is 33.4 Å². The molecule has 6 nitrogen and oxygen atoms in total. The second-order valence-electron chi connectivity index (χ2n) is 2.35. The SMILES string of the molecule is N[C@@H](CC(=O)O)C(=O)O.O=C(CF)CF. The molecule has 8 heteroatoms. The molecule has 0 spiro atoms. The van der Waals surface area contributed by atoms with Gasteiger partial charge in [0.05, 0.1) is 6.42 Å². The van der Waals surface area contributed by atoms with Gasteiger partial charge in [-0.2, -0.15) is 0 Å². The molecule has 0 unspecified atom stereocenters. The Hall–Kier alpha value is -1.57. The summed E-state index contributed by atoms with van der Waals surface area (Å²) in [5.41, 5.74) is 4.84. The van der Waals surface area contributed by atoms with E-state index in [9.17, 15) is 23.2 Å². The molecule has 0 heterocycles. The number of alkyl halides is 2. The van der Waals surface area contributed by atoms with Gasteiger partial charge in [-0.25, -0.2) is 8.78 Å². The van der Waals surface area contributed by atoms with Crippen LogP contribution >= 0.6 is 0 Å². The molecule has 4 N–H and O–H groups in total. The highest BCUT2D eigenvalue weighted by Crippen LogP contribution is 1.86. The predicted octanol–water partition coefficient (Wildman–Crippen LogP) is -0.633. The molecule has 0 bridgehead atoms. The Kier molecular flexibility index (Phi) is 9.53. The molecule has 0 aliphatic rings. The van der Waals surface area contributed by atoms with E-state index < -0.39 is 43.5 Å². The van der Waals surface area contributed by atoms with Gasteiger partial charge in [0, 0.05) is 0 Å². The Labute approximate surface area is 83.7 Å². The van der Waals surface area contributed by atoms with Crippen LogP contribution in [-0.4, -0.2) is 47.3 Å². The molecule has 0 radical (unpaired) electrons. The van der Waals surface area contributed by atoms with Gasteiger partial charge < -0.3 is 15.9 Å². The van der Waals surface area contributed by atoms with E-state index in [1.165, 1.54) is 0 Å². The summed E-state index contributed by atoms with van der Waals surface area (Å²) < 4.78 is 21.6. The van der Waals surface area contributed by atoms with E-state index in [0.29, 0.717) is 0 Å². The Bertz CT molecular complexity index is 227. The van der Waals surface area contributed by atoms with Crippen molar-refractivity contribution in [2.45, 2.75) is 12.5 Å². The second kappa shape index (κ2) is 9.00. The number of hydrogen-bond donors (Lipinski definition) is 3. The zero-order valence-electron chi connectivity index (χ0n) is 7.65. The summed E-state index contributed by atoms with van der Waals surface area (Å²) in [4.78, 5) is 29.0. The fourth-order valence-electron chi connectivity index (χ4n) is 0.311. The summed E-state index contributed by atoms with van der Waals surface area (Å²) >= 11 is 0. The maximum Gasteiger partial charge on any atom is 0.321 e. The number of nitrogens with two attached hydrogens (primary N) is 1. The standard InChI is InChI=1S/C4H7NO4.C3H4F2O/c5-2(4(8)9)1-3(6)7;4-1-3(6)2-5/h2H,1,5H2,(H,6,7)(H,8,9);1-2H2/t2-;/m0./s1. The first-order valence-corrected chi connectivity index (χ1v) is 3.69. The lowest BCUT2D eigenvalue weighted by molar-refractivity contribution is -0.144. The average Bonchev–Trinajstić information content (AvgIpc) is 2.16. The first-order chi connectivity index (χ1) is 6.84. The first kappa shape index (κ1) is 15.9. The molecule has 0 rings (SSSR count). The van der Waals surface area contributed by atoms with Gasteiger partial charge in [0.25, 0.3) is 0 Å². The smallest absolute Gasteiger partial charge is 0.321 e. The number of Topliss-reactive ketones (excluding diaryl/α,β-unsaturated/α-hetero) is 1. The molecule has 88 valence electrons. The van der Waals surface area contributed by atoms with E-state index >= 15 is 0 Å².